The SMILES string of the molecule is CC/C=C\C/C=C\C/C=C\C/C=C\CCCCCCC(=O)OC[C@H](COP(=O)(O)OC[C@H](N)C(=O)O)OC(=O)CCCCCCC/C=C\CCCCCCCC. The number of hydrogen-bond acceptors (Lipinski definition) is 9. The number of carboxylic acids is 1. The van der Waals surface area contributed by atoms with Crippen LogP contribution in [0.4, 0.5) is 0 Å². The fraction of sp³-hybridized carbons (Fsp3) is 0.705. The standard InChI is InChI=1S/C44H76NO10P/c1-3-5-7-9-11-13-15-17-19-20-22-23-25-27-29-31-33-35-42(46)52-37-40(38-53-56(50,51)54-39-41(45)44(48)49)55-43(47)36-34-32-30-28-26-24-21-18-16-14-12-10-8-6-4-2/h5,7,11,13,17-19,21-23,40-41H,3-4,6,8-10,12,14-16,20,24-39,45H2,1-2H3,(H,48,49)(H,50,51)/b7-5-,13-11-,19-17-,21-18-,23-22-/t40-,41+/m1/s1. The molecule has 56 heavy (non-hydrogen) atoms. The molecule has 12 heteroatoms. The van der Waals surface area contributed by atoms with Crippen LogP contribution in [0.1, 0.15) is 168 Å². The van der Waals surface area contributed by atoms with Crippen molar-refractivity contribution < 1.29 is 47.5 Å². The first kappa shape index (κ1) is 53.2. The van der Waals surface area contributed by atoms with Gasteiger partial charge in [0, 0.05) is 12.8 Å². The fourth-order valence-electron chi connectivity index (χ4n) is 5.40. The summed E-state index contributed by atoms with van der Waals surface area (Å²) in [6, 6.07) is -1.53. The van der Waals surface area contributed by atoms with Crippen molar-refractivity contribution in [2.24, 2.45) is 5.73 Å². The molecule has 0 fully saturated rings. The number of hydrogen-bond donors (Lipinski definition) is 3. The van der Waals surface area contributed by atoms with Crippen molar-refractivity contribution in [1.82, 2.24) is 0 Å². The smallest absolute Gasteiger partial charge is 0.472 e. The normalized spacial score (nSPS) is 14.4. The Labute approximate surface area is 338 Å². The molecule has 0 spiro atoms. The molecule has 3 atom stereocenters. The summed E-state index contributed by atoms with van der Waals surface area (Å²) in [5, 5.41) is 8.88. The summed E-state index contributed by atoms with van der Waals surface area (Å²) >= 11 is 0. The average molecular weight is 810 g/mol. The van der Waals surface area contributed by atoms with E-state index in [1.807, 2.05) is 0 Å². The second-order valence-corrected chi connectivity index (χ2v) is 15.5. The molecule has 0 heterocycles. The molecule has 0 rings (SSSR count). The van der Waals surface area contributed by atoms with Gasteiger partial charge in [-0.3, -0.25) is 23.4 Å². The van der Waals surface area contributed by atoms with Gasteiger partial charge in [-0.25, -0.2) is 4.57 Å². The predicted molar refractivity (Wildman–Crippen MR) is 226 cm³/mol. The summed E-state index contributed by atoms with van der Waals surface area (Å²) in [7, 11) is -4.72. The van der Waals surface area contributed by atoms with Gasteiger partial charge < -0.3 is 25.2 Å². The number of phosphoric ester groups is 1. The van der Waals surface area contributed by atoms with E-state index in [4.69, 9.17) is 24.8 Å². The van der Waals surface area contributed by atoms with E-state index >= 15 is 0 Å². The van der Waals surface area contributed by atoms with E-state index in [2.05, 4.69) is 79.1 Å². The topological polar surface area (TPSA) is 172 Å². The third-order valence-corrected chi connectivity index (χ3v) is 9.70. The summed E-state index contributed by atoms with van der Waals surface area (Å²) in [5.41, 5.74) is 5.33. The number of phosphoric acid groups is 1. The zero-order valence-corrected chi connectivity index (χ0v) is 35.6. The largest absolute Gasteiger partial charge is 0.480 e. The van der Waals surface area contributed by atoms with Gasteiger partial charge in [0.05, 0.1) is 13.2 Å². The highest BCUT2D eigenvalue weighted by molar-refractivity contribution is 7.47. The molecule has 4 N–H and O–H groups in total. The monoisotopic (exact) mass is 810 g/mol. The summed E-state index contributed by atoms with van der Waals surface area (Å²) in [6.07, 6.45) is 44.2. The van der Waals surface area contributed by atoms with E-state index in [-0.39, 0.29) is 19.4 Å². The molecule has 11 nitrogen and oxygen atoms in total. The summed E-state index contributed by atoms with van der Waals surface area (Å²) in [4.78, 5) is 45.9. The number of carbonyl (C=O) groups is 3. The van der Waals surface area contributed by atoms with Gasteiger partial charge in [0.2, 0.25) is 0 Å². The molecule has 0 saturated heterocycles. The first-order valence-corrected chi connectivity index (χ1v) is 22.8. The number of unbranched alkanes of at least 4 members (excludes halogenated alkanes) is 15. The maximum atomic E-state index is 12.6. The Kier molecular flexibility index (Phi) is 37.1. The molecular weight excluding hydrogens is 733 g/mol. The quantitative estimate of drug-likeness (QED) is 0.0233. The number of ether oxygens (including phenoxy) is 2. The van der Waals surface area contributed by atoms with Crippen LogP contribution in [0.3, 0.4) is 0 Å². The highest BCUT2D eigenvalue weighted by Crippen LogP contribution is 2.43. The molecule has 0 aliphatic rings. The first-order valence-electron chi connectivity index (χ1n) is 21.3. The van der Waals surface area contributed by atoms with Crippen molar-refractivity contribution in [3.05, 3.63) is 60.8 Å². The highest BCUT2D eigenvalue weighted by atomic mass is 31.2. The molecule has 0 aromatic heterocycles. The lowest BCUT2D eigenvalue weighted by molar-refractivity contribution is -0.161. The van der Waals surface area contributed by atoms with E-state index < -0.39 is 51.1 Å². The lowest BCUT2D eigenvalue weighted by Gasteiger charge is -2.20. The van der Waals surface area contributed by atoms with Crippen molar-refractivity contribution in [3.8, 4) is 0 Å². The number of esters is 2. The van der Waals surface area contributed by atoms with Gasteiger partial charge in [-0.15, -0.1) is 0 Å². The van der Waals surface area contributed by atoms with Crippen LogP contribution >= 0.6 is 7.82 Å². The van der Waals surface area contributed by atoms with Crippen LogP contribution in [0.2, 0.25) is 0 Å². The molecule has 322 valence electrons. The van der Waals surface area contributed by atoms with E-state index in [0.717, 1.165) is 89.9 Å². The zero-order chi connectivity index (χ0) is 41.4. The number of carbonyl (C=O) groups excluding carboxylic acids is 2. The van der Waals surface area contributed by atoms with Gasteiger partial charge >= 0.3 is 25.7 Å². The van der Waals surface area contributed by atoms with Crippen LogP contribution < -0.4 is 5.73 Å². The van der Waals surface area contributed by atoms with Crippen LogP contribution in [0.5, 0.6) is 0 Å². The first-order chi connectivity index (χ1) is 27.1. The lowest BCUT2D eigenvalue weighted by Crippen LogP contribution is -2.34. The van der Waals surface area contributed by atoms with Gasteiger partial charge in [0.25, 0.3) is 0 Å². The molecule has 1 unspecified atom stereocenters. The Bertz CT molecular complexity index is 1180. The molecule has 0 radical (unpaired) electrons. The Morgan fingerprint density at radius 2 is 1.00 bits per heavy atom. The van der Waals surface area contributed by atoms with Crippen LogP contribution in [0, 0.1) is 0 Å². The molecule has 0 aromatic rings. The van der Waals surface area contributed by atoms with Crippen molar-refractivity contribution in [1.29, 1.82) is 0 Å². The predicted octanol–water partition coefficient (Wildman–Crippen LogP) is 11.2. The second-order valence-electron chi connectivity index (χ2n) is 14.1. The highest BCUT2D eigenvalue weighted by Gasteiger charge is 2.28. The maximum Gasteiger partial charge on any atom is 0.472 e. The minimum absolute atomic E-state index is 0.143. The Morgan fingerprint density at radius 3 is 1.52 bits per heavy atom. The van der Waals surface area contributed by atoms with Crippen molar-refractivity contribution >= 4 is 25.7 Å². The minimum atomic E-state index is -4.72. The number of nitrogens with two attached hydrogens (primary N) is 1. The van der Waals surface area contributed by atoms with Crippen molar-refractivity contribution in [2.75, 3.05) is 19.8 Å². The van der Waals surface area contributed by atoms with Crippen LogP contribution in [0.15, 0.2) is 60.8 Å². The van der Waals surface area contributed by atoms with E-state index in [1.165, 1.54) is 38.5 Å². The molecule has 0 aliphatic heterocycles. The fourth-order valence-corrected chi connectivity index (χ4v) is 6.18. The van der Waals surface area contributed by atoms with Crippen LogP contribution in [-0.4, -0.2) is 59.9 Å². The van der Waals surface area contributed by atoms with Crippen molar-refractivity contribution in [3.63, 3.8) is 0 Å². The molecule has 0 aliphatic carbocycles. The van der Waals surface area contributed by atoms with Gasteiger partial charge in [0.1, 0.15) is 12.6 Å². The molecule has 0 amide bonds. The summed E-state index contributed by atoms with van der Waals surface area (Å²) in [5.74, 6) is -2.43. The van der Waals surface area contributed by atoms with Crippen molar-refractivity contribution in [2.45, 2.75) is 180 Å². The van der Waals surface area contributed by atoms with Crippen LogP contribution in [-0.2, 0) is 37.5 Å². The van der Waals surface area contributed by atoms with Gasteiger partial charge in [-0.2, -0.15) is 0 Å². The Morgan fingerprint density at radius 1 is 0.571 bits per heavy atom. The Hall–Kier alpha value is -2.82. The number of aliphatic carboxylic acids is 1. The molecule has 0 aromatic carbocycles. The third-order valence-electron chi connectivity index (χ3n) is 8.75. The van der Waals surface area contributed by atoms with E-state index in [1.54, 1.807) is 0 Å². The number of allylic oxidation sites excluding steroid dienone is 10. The minimum Gasteiger partial charge on any atom is -0.480 e. The van der Waals surface area contributed by atoms with Crippen LogP contribution in [0.25, 0.3) is 0 Å². The molecular formula is C44H76NO10P. The van der Waals surface area contributed by atoms with Gasteiger partial charge in [-0.05, 0) is 77.0 Å². The second kappa shape index (κ2) is 39.0. The lowest BCUT2D eigenvalue weighted by atomic mass is 10.1. The van der Waals surface area contributed by atoms with E-state index in [9.17, 15) is 23.8 Å². The van der Waals surface area contributed by atoms with Gasteiger partial charge in [0.15, 0.2) is 6.10 Å². The Balaban J connectivity index is 4.44. The number of carboxylic acid groups (broad SMARTS) is 1. The van der Waals surface area contributed by atoms with Gasteiger partial charge in [-0.1, -0.05) is 139 Å². The third kappa shape index (κ3) is 38.1. The number of rotatable bonds is 39. The average Bonchev–Trinajstić information content (AvgIpc) is 3.17. The summed E-state index contributed by atoms with van der Waals surface area (Å²) < 4.78 is 32.6. The molecule has 0 saturated carbocycles. The maximum absolute atomic E-state index is 12.6. The zero-order valence-electron chi connectivity index (χ0n) is 34.7. The summed E-state index contributed by atoms with van der Waals surface area (Å²) in [6.45, 7) is 2.64. The van der Waals surface area contributed by atoms with E-state index in [0.29, 0.717) is 12.8 Å². The molecule has 0 bridgehead atoms.